The largest absolute Gasteiger partial charge is 0.370 e. The summed E-state index contributed by atoms with van der Waals surface area (Å²) in [7, 11) is 0. The van der Waals surface area contributed by atoms with Crippen molar-refractivity contribution >= 4 is 41.7 Å². The third-order valence-electron chi connectivity index (χ3n) is 3.28. The standard InChI is InChI=1S/C17H22N4S.HI/c1-13-6-7-14(16(11-13)22-2)12-21-17(18)20-10-8-15-5-3-4-9-19-15;/h3-7,9,11H,8,10,12H2,1-2H3,(H3,18,20,21);1H. The smallest absolute Gasteiger partial charge is 0.188 e. The van der Waals surface area contributed by atoms with Crippen LogP contribution in [0.25, 0.3) is 0 Å². The predicted octanol–water partition coefficient (Wildman–Crippen LogP) is 3.38. The van der Waals surface area contributed by atoms with Crippen LogP contribution in [0.3, 0.4) is 0 Å². The number of benzene rings is 1. The number of nitrogens with one attached hydrogen (secondary N) is 1. The molecule has 0 aliphatic heterocycles. The van der Waals surface area contributed by atoms with Crippen LogP contribution in [-0.2, 0) is 13.0 Å². The van der Waals surface area contributed by atoms with Crippen molar-refractivity contribution in [2.45, 2.75) is 24.8 Å². The van der Waals surface area contributed by atoms with Gasteiger partial charge in [-0.15, -0.1) is 35.7 Å². The second kappa shape index (κ2) is 10.5. The molecule has 0 saturated carbocycles. The molecule has 0 unspecified atom stereocenters. The molecule has 4 nitrogen and oxygen atoms in total. The van der Waals surface area contributed by atoms with Crippen molar-refractivity contribution in [2.75, 3.05) is 12.8 Å². The van der Waals surface area contributed by atoms with E-state index in [0.29, 0.717) is 12.5 Å². The van der Waals surface area contributed by atoms with Crippen LogP contribution in [0, 0.1) is 6.92 Å². The van der Waals surface area contributed by atoms with Crippen molar-refractivity contribution in [3.63, 3.8) is 0 Å². The van der Waals surface area contributed by atoms with E-state index in [2.05, 4.69) is 46.7 Å². The van der Waals surface area contributed by atoms with Gasteiger partial charge in [-0.3, -0.25) is 4.98 Å². The number of hydrogen-bond acceptors (Lipinski definition) is 3. The fourth-order valence-corrected chi connectivity index (χ4v) is 2.77. The minimum atomic E-state index is 0. The predicted molar refractivity (Wildman–Crippen MR) is 110 cm³/mol. The highest BCUT2D eigenvalue weighted by molar-refractivity contribution is 14.0. The average molecular weight is 442 g/mol. The van der Waals surface area contributed by atoms with Crippen LogP contribution in [-0.4, -0.2) is 23.7 Å². The average Bonchev–Trinajstić information content (AvgIpc) is 2.54. The first-order chi connectivity index (χ1) is 10.7. The Hall–Kier alpha value is -1.28. The maximum atomic E-state index is 5.92. The quantitative estimate of drug-likeness (QED) is 0.312. The van der Waals surface area contributed by atoms with Crippen molar-refractivity contribution in [3.05, 3.63) is 59.4 Å². The van der Waals surface area contributed by atoms with Gasteiger partial charge in [0.2, 0.25) is 0 Å². The van der Waals surface area contributed by atoms with E-state index in [-0.39, 0.29) is 24.0 Å². The van der Waals surface area contributed by atoms with E-state index in [1.54, 1.807) is 18.0 Å². The molecule has 2 aromatic rings. The van der Waals surface area contributed by atoms with Crippen molar-refractivity contribution in [2.24, 2.45) is 10.7 Å². The van der Waals surface area contributed by atoms with Gasteiger partial charge in [0, 0.05) is 29.8 Å². The summed E-state index contributed by atoms with van der Waals surface area (Å²) in [5.41, 5.74) is 9.43. The maximum Gasteiger partial charge on any atom is 0.188 e. The molecular formula is C17H23IN4S. The number of nitrogens with zero attached hydrogens (tertiary/aromatic N) is 2. The van der Waals surface area contributed by atoms with E-state index < -0.39 is 0 Å². The molecule has 0 saturated heterocycles. The van der Waals surface area contributed by atoms with Crippen LogP contribution in [0.15, 0.2) is 52.5 Å². The molecule has 6 heteroatoms. The zero-order valence-corrected chi connectivity index (χ0v) is 16.6. The van der Waals surface area contributed by atoms with E-state index >= 15 is 0 Å². The van der Waals surface area contributed by atoms with Crippen LogP contribution >= 0.6 is 35.7 Å². The topological polar surface area (TPSA) is 63.3 Å². The van der Waals surface area contributed by atoms with Crippen molar-refractivity contribution < 1.29 is 0 Å². The number of aliphatic imine (C=N–C) groups is 1. The second-order valence-electron chi connectivity index (χ2n) is 5.01. The Morgan fingerprint density at radius 2 is 2.13 bits per heavy atom. The van der Waals surface area contributed by atoms with E-state index in [0.717, 1.165) is 18.7 Å². The Morgan fingerprint density at radius 3 is 2.83 bits per heavy atom. The highest BCUT2D eigenvalue weighted by Crippen LogP contribution is 2.22. The molecule has 1 heterocycles. The molecule has 0 amide bonds. The van der Waals surface area contributed by atoms with E-state index in [1.165, 1.54) is 16.0 Å². The lowest BCUT2D eigenvalue weighted by Crippen LogP contribution is -2.33. The first-order valence-electron chi connectivity index (χ1n) is 7.26. The molecule has 0 spiro atoms. The van der Waals surface area contributed by atoms with Gasteiger partial charge >= 0.3 is 0 Å². The van der Waals surface area contributed by atoms with Crippen LogP contribution in [0.2, 0.25) is 0 Å². The molecule has 1 aromatic carbocycles. The molecule has 0 bridgehead atoms. The van der Waals surface area contributed by atoms with Gasteiger partial charge in [0.1, 0.15) is 0 Å². The zero-order valence-electron chi connectivity index (χ0n) is 13.5. The lowest BCUT2D eigenvalue weighted by atomic mass is 10.1. The normalized spacial score (nSPS) is 11.0. The molecular weight excluding hydrogens is 419 g/mol. The SMILES string of the molecule is CSc1cc(C)ccc1CN=C(N)NCCc1ccccn1.I. The summed E-state index contributed by atoms with van der Waals surface area (Å²) in [6, 6.07) is 12.3. The first-order valence-corrected chi connectivity index (χ1v) is 8.48. The van der Waals surface area contributed by atoms with Gasteiger partial charge in [0.15, 0.2) is 5.96 Å². The summed E-state index contributed by atoms with van der Waals surface area (Å²) in [6.07, 6.45) is 4.71. The lowest BCUT2D eigenvalue weighted by Gasteiger charge is -2.08. The van der Waals surface area contributed by atoms with Crippen molar-refractivity contribution in [1.82, 2.24) is 10.3 Å². The molecule has 1 aromatic heterocycles. The number of pyridine rings is 1. The number of nitrogens with two attached hydrogens (primary N) is 1. The number of halogens is 1. The monoisotopic (exact) mass is 442 g/mol. The molecule has 0 atom stereocenters. The van der Waals surface area contributed by atoms with Gasteiger partial charge in [0.25, 0.3) is 0 Å². The Balaban J connectivity index is 0.00000264. The van der Waals surface area contributed by atoms with Crippen molar-refractivity contribution in [3.8, 4) is 0 Å². The fourth-order valence-electron chi connectivity index (χ4n) is 2.07. The van der Waals surface area contributed by atoms with Crippen LogP contribution in [0.1, 0.15) is 16.8 Å². The third kappa shape index (κ3) is 6.78. The van der Waals surface area contributed by atoms with Crippen LogP contribution in [0.5, 0.6) is 0 Å². The van der Waals surface area contributed by atoms with Crippen LogP contribution in [0.4, 0.5) is 0 Å². The minimum absolute atomic E-state index is 0. The molecule has 124 valence electrons. The number of thioether (sulfide) groups is 1. The van der Waals surface area contributed by atoms with Crippen molar-refractivity contribution in [1.29, 1.82) is 0 Å². The lowest BCUT2D eigenvalue weighted by molar-refractivity contribution is 0.826. The number of rotatable bonds is 6. The summed E-state index contributed by atoms with van der Waals surface area (Å²) in [6.45, 7) is 3.43. The van der Waals surface area contributed by atoms with Gasteiger partial charge in [-0.25, -0.2) is 4.99 Å². The van der Waals surface area contributed by atoms with E-state index in [1.807, 2.05) is 18.2 Å². The molecule has 0 aliphatic carbocycles. The molecule has 2 rings (SSSR count). The maximum absolute atomic E-state index is 5.92. The molecule has 23 heavy (non-hydrogen) atoms. The van der Waals surface area contributed by atoms with E-state index in [9.17, 15) is 0 Å². The molecule has 0 radical (unpaired) electrons. The Labute approximate surface area is 159 Å². The second-order valence-corrected chi connectivity index (χ2v) is 5.86. The Kier molecular flexibility index (Phi) is 9.01. The highest BCUT2D eigenvalue weighted by Gasteiger charge is 2.01. The van der Waals surface area contributed by atoms with Gasteiger partial charge < -0.3 is 11.1 Å². The van der Waals surface area contributed by atoms with Gasteiger partial charge in [-0.05, 0) is 42.5 Å². The minimum Gasteiger partial charge on any atom is -0.370 e. The number of aromatic nitrogens is 1. The Morgan fingerprint density at radius 1 is 1.30 bits per heavy atom. The number of hydrogen-bond donors (Lipinski definition) is 2. The summed E-state index contributed by atoms with van der Waals surface area (Å²) in [4.78, 5) is 9.94. The first kappa shape index (κ1) is 19.8. The molecule has 0 aliphatic rings. The third-order valence-corrected chi connectivity index (χ3v) is 4.10. The van der Waals surface area contributed by atoms with Gasteiger partial charge in [-0.2, -0.15) is 0 Å². The summed E-state index contributed by atoms with van der Waals surface area (Å²) < 4.78 is 0. The summed E-state index contributed by atoms with van der Waals surface area (Å²) in [5, 5.41) is 3.13. The number of aryl methyl sites for hydroxylation is 1. The summed E-state index contributed by atoms with van der Waals surface area (Å²) in [5.74, 6) is 0.476. The summed E-state index contributed by atoms with van der Waals surface area (Å²) >= 11 is 1.74. The molecule has 3 N–H and O–H groups in total. The van der Waals surface area contributed by atoms with Crippen LogP contribution < -0.4 is 11.1 Å². The zero-order chi connectivity index (χ0) is 15.8. The fraction of sp³-hybridized carbons (Fsp3) is 0.294. The Bertz CT molecular complexity index is 632. The van der Waals surface area contributed by atoms with Gasteiger partial charge in [-0.1, -0.05) is 18.2 Å². The number of guanidine groups is 1. The van der Waals surface area contributed by atoms with Gasteiger partial charge in [0.05, 0.1) is 6.54 Å². The van der Waals surface area contributed by atoms with E-state index in [4.69, 9.17) is 5.73 Å². The molecule has 0 fully saturated rings. The highest BCUT2D eigenvalue weighted by atomic mass is 127.